The fraction of sp³-hybridized carbons (Fsp3) is 0.0833. The van der Waals surface area contributed by atoms with Crippen molar-refractivity contribution in [1.82, 2.24) is 9.97 Å². The van der Waals surface area contributed by atoms with Crippen molar-refractivity contribution in [3.05, 3.63) is 47.4 Å². The molecule has 18 heavy (non-hydrogen) atoms. The minimum Gasteiger partial charge on any atom is -0.387 e. The highest BCUT2D eigenvalue weighted by Gasteiger charge is 2.11. The maximum atomic E-state index is 12.0. The lowest BCUT2D eigenvalue weighted by atomic mass is 10.2. The predicted molar refractivity (Wildman–Crippen MR) is 71.0 cm³/mol. The van der Waals surface area contributed by atoms with Crippen molar-refractivity contribution in [1.29, 1.82) is 0 Å². The lowest BCUT2D eigenvalue weighted by molar-refractivity contribution is 0.102. The monoisotopic (exact) mass is 262 g/mol. The normalized spacial score (nSPS) is 9.89. The Balaban J connectivity index is 2.19. The molecule has 0 radical (unpaired) electrons. The molecule has 92 valence electrons. The molecule has 5 nitrogen and oxygen atoms in total. The molecule has 6 heteroatoms. The van der Waals surface area contributed by atoms with Crippen molar-refractivity contribution in [2.24, 2.45) is 0 Å². The molecule has 2 aromatic rings. The van der Waals surface area contributed by atoms with Crippen LogP contribution in [0.4, 0.5) is 11.5 Å². The molecule has 0 unspecified atom stereocenters. The molecule has 2 N–H and O–H groups in total. The number of rotatable bonds is 3. The highest BCUT2D eigenvalue weighted by molar-refractivity contribution is 6.30. The average molecular weight is 263 g/mol. The first kappa shape index (κ1) is 12.3. The molecule has 0 aromatic carbocycles. The summed E-state index contributed by atoms with van der Waals surface area (Å²) in [5.41, 5.74) is 1.16. The Morgan fingerprint density at radius 3 is 2.78 bits per heavy atom. The van der Waals surface area contributed by atoms with Gasteiger partial charge in [0.2, 0.25) is 0 Å². The van der Waals surface area contributed by atoms with Crippen LogP contribution < -0.4 is 10.6 Å². The number of nitrogens with one attached hydrogen (secondary N) is 2. The third-order valence-electron chi connectivity index (χ3n) is 2.30. The van der Waals surface area contributed by atoms with E-state index in [9.17, 15) is 4.79 Å². The molecule has 0 aliphatic carbocycles. The number of hydrogen-bond acceptors (Lipinski definition) is 4. The molecule has 0 aliphatic rings. The Bertz CT molecular complexity index is 556. The van der Waals surface area contributed by atoms with E-state index in [0.717, 1.165) is 0 Å². The summed E-state index contributed by atoms with van der Waals surface area (Å²) in [5, 5.41) is 6.12. The number of hydrogen-bond donors (Lipinski definition) is 2. The van der Waals surface area contributed by atoms with Gasteiger partial charge in [-0.1, -0.05) is 11.6 Å². The van der Waals surface area contributed by atoms with Gasteiger partial charge in [0.05, 0.1) is 10.6 Å². The molecule has 0 bridgehead atoms. The van der Waals surface area contributed by atoms with Gasteiger partial charge < -0.3 is 10.6 Å². The Kier molecular flexibility index (Phi) is 3.74. The summed E-state index contributed by atoms with van der Waals surface area (Å²) in [6.07, 6.45) is 4.58. The van der Waals surface area contributed by atoms with Gasteiger partial charge in [-0.15, -0.1) is 0 Å². The zero-order valence-corrected chi connectivity index (χ0v) is 10.4. The van der Waals surface area contributed by atoms with Crippen LogP contribution in [0, 0.1) is 0 Å². The van der Waals surface area contributed by atoms with Crippen molar-refractivity contribution in [2.75, 3.05) is 17.7 Å². The Hall–Kier alpha value is -2.14. The summed E-state index contributed by atoms with van der Waals surface area (Å²) >= 11 is 5.72. The number of pyridine rings is 2. The third-order valence-corrected chi connectivity index (χ3v) is 2.53. The number of carbonyl (C=O) groups excluding carboxylic acids is 1. The average Bonchev–Trinajstić information content (AvgIpc) is 2.41. The van der Waals surface area contributed by atoms with E-state index >= 15 is 0 Å². The van der Waals surface area contributed by atoms with Crippen LogP contribution in [0.25, 0.3) is 0 Å². The van der Waals surface area contributed by atoms with Crippen LogP contribution in [0.5, 0.6) is 0 Å². The van der Waals surface area contributed by atoms with E-state index in [1.165, 1.54) is 12.4 Å². The molecule has 0 fully saturated rings. The first-order valence-corrected chi connectivity index (χ1v) is 5.63. The lowest BCUT2D eigenvalue weighted by Crippen LogP contribution is -2.15. The zero-order valence-electron chi connectivity index (χ0n) is 9.64. The van der Waals surface area contributed by atoms with E-state index in [1.54, 1.807) is 31.4 Å². The topological polar surface area (TPSA) is 66.9 Å². The second-order valence-corrected chi connectivity index (χ2v) is 3.92. The predicted octanol–water partition coefficient (Wildman–Crippen LogP) is 2.42. The molecular weight excluding hydrogens is 252 g/mol. The molecular formula is C12H11ClN4O. The number of nitrogens with zero attached hydrogens (tertiary/aromatic N) is 2. The molecule has 0 saturated heterocycles. The van der Waals surface area contributed by atoms with Gasteiger partial charge in [0.25, 0.3) is 5.91 Å². The first-order valence-electron chi connectivity index (χ1n) is 5.25. The van der Waals surface area contributed by atoms with Crippen molar-refractivity contribution in [3.8, 4) is 0 Å². The van der Waals surface area contributed by atoms with Gasteiger partial charge in [-0.05, 0) is 18.2 Å². The summed E-state index contributed by atoms with van der Waals surface area (Å²) in [6.45, 7) is 0. The fourth-order valence-corrected chi connectivity index (χ4v) is 1.54. The molecule has 0 atom stereocenters. The van der Waals surface area contributed by atoms with Gasteiger partial charge in [0.1, 0.15) is 5.82 Å². The van der Waals surface area contributed by atoms with Crippen LogP contribution in [0.3, 0.4) is 0 Å². The number of amides is 1. The summed E-state index contributed by atoms with van der Waals surface area (Å²) in [5.74, 6) is 0.164. The molecule has 0 aliphatic heterocycles. The minimum atomic E-state index is -0.276. The molecule has 2 aromatic heterocycles. The molecule has 2 rings (SSSR count). The van der Waals surface area contributed by atoms with Crippen LogP contribution in [0.15, 0.2) is 36.8 Å². The number of halogens is 1. The Labute approximate surface area is 109 Å². The van der Waals surface area contributed by atoms with E-state index in [1.807, 2.05) is 0 Å². The van der Waals surface area contributed by atoms with E-state index < -0.39 is 0 Å². The van der Waals surface area contributed by atoms with Crippen LogP contribution in [0.1, 0.15) is 10.4 Å². The molecule has 0 spiro atoms. The van der Waals surface area contributed by atoms with Gasteiger partial charge in [0, 0.05) is 31.3 Å². The number of aromatic nitrogens is 2. The van der Waals surface area contributed by atoms with Crippen LogP contribution in [0.2, 0.25) is 5.02 Å². The highest BCUT2D eigenvalue weighted by Crippen LogP contribution is 2.15. The van der Waals surface area contributed by atoms with Crippen LogP contribution in [-0.4, -0.2) is 22.9 Å². The Morgan fingerprint density at radius 2 is 2.11 bits per heavy atom. The largest absolute Gasteiger partial charge is 0.387 e. The maximum absolute atomic E-state index is 12.0. The summed E-state index contributed by atoms with van der Waals surface area (Å²) in [6, 6.07) is 5.02. The summed E-state index contributed by atoms with van der Waals surface area (Å²) in [7, 11) is 1.74. The van der Waals surface area contributed by atoms with Crippen molar-refractivity contribution in [3.63, 3.8) is 0 Å². The quantitative estimate of drug-likeness (QED) is 0.892. The SMILES string of the molecule is CNc1ccncc1C(=O)Nc1ccc(Cl)cn1. The van der Waals surface area contributed by atoms with E-state index in [2.05, 4.69) is 20.6 Å². The zero-order chi connectivity index (χ0) is 13.0. The number of carbonyl (C=O) groups is 1. The summed E-state index contributed by atoms with van der Waals surface area (Å²) < 4.78 is 0. The van der Waals surface area contributed by atoms with Crippen LogP contribution >= 0.6 is 11.6 Å². The van der Waals surface area contributed by atoms with E-state index in [4.69, 9.17) is 11.6 Å². The van der Waals surface area contributed by atoms with Gasteiger partial charge in [0.15, 0.2) is 0 Å². The van der Waals surface area contributed by atoms with E-state index in [-0.39, 0.29) is 5.91 Å². The van der Waals surface area contributed by atoms with Gasteiger partial charge in [-0.25, -0.2) is 4.98 Å². The minimum absolute atomic E-state index is 0.276. The van der Waals surface area contributed by atoms with E-state index in [0.29, 0.717) is 22.1 Å². The first-order chi connectivity index (χ1) is 8.70. The van der Waals surface area contributed by atoms with Crippen molar-refractivity contribution < 1.29 is 4.79 Å². The smallest absolute Gasteiger partial charge is 0.260 e. The molecule has 1 amide bonds. The fourth-order valence-electron chi connectivity index (χ4n) is 1.43. The lowest BCUT2D eigenvalue weighted by Gasteiger charge is -2.08. The second kappa shape index (κ2) is 5.46. The molecule has 0 saturated carbocycles. The molecule has 2 heterocycles. The number of anilines is 2. The third kappa shape index (κ3) is 2.75. The highest BCUT2D eigenvalue weighted by atomic mass is 35.5. The van der Waals surface area contributed by atoms with Gasteiger partial charge in [-0.3, -0.25) is 9.78 Å². The Morgan fingerprint density at radius 1 is 1.28 bits per heavy atom. The van der Waals surface area contributed by atoms with Crippen LogP contribution in [-0.2, 0) is 0 Å². The van der Waals surface area contributed by atoms with Crippen molar-refractivity contribution in [2.45, 2.75) is 0 Å². The maximum Gasteiger partial charge on any atom is 0.260 e. The van der Waals surface area contributed by atoms with Crippen molar-refractivity contribution >= 4 is 29.0 Å². The van der Waals surface area contributed by atoms with Gasteiger partial charge >= 0.3 is 0 Å². The summed E-state index contributed by atoms with van der Waals surface area (Å²) in [4.78, 5) is 19.9. The second-order valence-electron chi connectivity index (χ2n) is 3.49. The standard InChI is InChI=1S/C12H11ClN4O/c1-14-10-4-5-15-7-9(10)12(18)17-11-3-2-8(13)6-16-11/h2-7H,1H3,(H,14,15)(H,16,17,18). The van der Waals surface area contributed by atoms with Gasteiger partial charge in [-0.2, -0.15) is 0 Å².